The smallest absolute Gasteiger partial charge is 0.337 e. The first kappa shape index (κ1) is 13.9. The van der Waals surface area contributed by atoms with E-state index in [1.54, 1.807) is 6.07 Å². The number of rotatable bonds is 2. The Morgan fingerprint density at radius 1 is 1.52 bits per heavy atom. The summed E-state index contributed by atoms with van der Waals surface area (Å²) in [5.74, 6) is 2.27. The van der Waals surface area contributed by atoms with Crippen LogP contribution in [0.2, 0.25) is 0 Å². The second-order valence-corrected chi connectivity index (χ2v) is 5.18. The molecule has 3 rings (SSSR count). The van der Waals surface area contributed by atoms with Gasteiger partial charge in [0.1, 0.15) is 6.23 Å². The first-order chi connectivity index (χ1) is 10.2. The predicted molar refractivity (Wildman–Crippen MR) is 78.6 cm³/mol. The maximum absolute atomic E-state index is 11.8. The molecule has 1 aromatic carbocycles. The van der Waals surface area contributed by atoms with Gasteiger partial charge < -0.3 is 9.47 Å². The SMILES string of the molecule is C#Cc1cc(C(=O)OC)cc2c1CNN2C1CCCCO1. The Morgan fingerprint density at radius 2 is 2.38 bits per heavy atom. The summed E-state index contributed by atoms with van der Waals surface area (Å²) in [5.41, 5.74) is 6.44. The standard InChI is InChI=1S/C16H18N2O3/c1-3-11-8-12(16(19)20-2)9-14-13(11)10-17-18(14)15-6-4-5-7-21-15/h1,8-9,15,17H,4-7,10H2,2H3. The number of hydrogen-bond acceptors (Lipinski definition) is 5. The molecule has 5 nitrogen and oxygen atoms in total. The Balaban J connectivity index is 1.99. The Hall–Kier alpha value is -2.03. The van der Waals surface area contributed by atoms with E-state index in [0.29, 0.717) is 12.1 Å². The van der Waals surface area contributed by atoms with Gasteiger partial charge in [-0.1, -0.05) is 5.92 Å². The van der Waals surface area contributed by atoms with Crippen molar-refractivity contribution in [1.29, 1.82) is 0 Å². The summed E-state index contributed by atoms with van der Waals surface area (Å²) in [6.07, 6.45) is 8.75. The maximum atomic E-state index is 11.8. The number of carbonyl (C=O) groups excluding carboxylic acids is 1. The number of nitrogens with zero attached hydrogens (tertiary/aromatic N) is 1. The Kier molecular flexibility index (Phi) is 3.82. The van der Waals surface area contributed by atoms with E-state index in [9.17, 15) is 4.79 Å². The third-order valence-corrected chi connectivity index (χ3v) is 3.93. The monoisotopic (exact) mass is 286 g/mol. The van der Waals surface area contributed by atoms with Gasteiger partial charge in [0, 0.05) is 24.3 Å². The van der Waals surface area contributed by atoms with E-state index >= 15 is 0 Å². The van der Waals surface area contributed by atoms with E-state index in [0.717, 1.165) is 42.7 Å². The summed E-state index contributed by atoms with van der Waals surface area (Å²) in [5, 5.41) is 1.99. The molecule has 0 aromatic heterocycles. The van der Waals surface area contributed by atoms with Crippen molar-refractivity contribution < 1.29 is 14.3 Å². The van der Waals surface area contributed by atoms with Crippen molar-refractivity contribution in [3.63, 3.8) is 0 Å². The van der Waals surface area contributed by atoms with Crippen LogP contribution in [0, 0.1) is 12.3 Å². The fourth-order valence-electron chi connectivity index (χ4n) is 2.86. The molecule has 0 saturated carbocycles. The van der Waals surface area contributed by atoms with E-state index in [-0.39, 0.29) is 12.2 Å². The highest BCUT2D eigenvalue weighted by atomic mass is 16.5. The first-order valence-electron chi connectivity index (χ1n) is 7.11. The number of carbonyl (C=O) groups is 1. The molecule has 0 bridgehead atoms. The zero-order valence-corrected chi connectivity index (χ0v) is 12.0. The van der Waals surface area contributed by atoms with Gasteiger partial charge in [0.25, 0.3) is 0 Å². The highest BCUT2D eigenvalue weighted by Crippen LogP contribution is 2.33. The summed E-state index contributed by atoms with van der Waals surface area (Å²) in [4.78, 5) is 11.8. The zero-order chi connectivity index (χ0) is 14.8. The minimum atomic E-state index is -0.384. The fraction of sp³-hybridized carbons (Fsp3) is 0.438. The van der Waals surface area contributed by atoms with Crippen LogP contribution in [0.4, 0.5) is 5.69 Å². The summed E-state index contributed by atoms with van der Waals surface area (Å²) >= 11 is 0. The van der Waals surface area contributed by atoms with Crippen molar-refractivity contribution in [2.45, 2.75) is 32.0 Å². The number of ether oxygens (including phenoxy) is 2. The average Bonchev–Trinajstić information content (AvgIpc) is 2.97. The van der Waals surface area contributed by atoms with Crippen molar-refractivity contribution in [3.05, 3.63) is 28.8 Å². The number of hydrazine groups is 1. The van der Waals surface area contributed by atoms with Crippen molar-refractivity contribution in [2.75, 3.05) is 18.7 Å². The summed E-state index contributed by atoms with van der Waals surface area (Å²) in [7, 11) is 1.37. The van der Waals surface area contributed by atoms with Crippen LogP contribution < -0.4 is 10.4 Å². The molecule has 1 unspecified atom stereocenters. The van der Waals surface area contributed by atoms with Crippen LogP contribution >= 0.6 is 0 Å². The van der Waals surface area contributed by atoms with E-state index in [1.165, 1.54) is 7.11 Å². The fourth-order valence-corrected chi connectivity index (χ4v) is 2.86. The molecule has 5 heteroatoms. The third kappa shape index (κ3) is 2.48. The van der Waals surface area contributed by atoms with E-state index < -0.39 is 0 Å². The number of fused-ring (bicyclic) bond motifs is 1. The molecule has 2 heterocycles. The molecule has 2 aliphatic heterocycles. The number of terminal acetylenes is 1. The minimum absolute atomic E-state index is 0.0153. The number of hydrogen-bond donors (Lipinski definition) is 1. The van der Waals surface area contributed by atoms with Crippen LogP contribution in [-0.4, -0.2) is 25.9 Å². The molecule has 2 aliphatic rings. The van der Waals surface area contributed by atoms with Gasteiger partial charge in [-0.2, -0.15) is 0 Å². The van der Waals surface area contributed by atoms with Gasteiger partial charge in [-0.15, -0.1) is 6.42 Å². The largest absolute Gasteiger partial charge is 0.465 e. The number of anilines is 1. The quantitative estimate of drug-likeness (QED) is 0.664. The lowest BCUT2D eigenvalue weighted by molar-refractivity contribution is 0.00926. The van der Waals surface area contributed by atoms with Gasteiger partial charge in [0.05, 0.1) is 18.4 Å². The van der Waals surface area contributed by atoms with Gasteiger partial charge in [-0.05, 0) is 31.4 Å². The summed E-state index contributed by atoms with van der Waals surface area (Å²) in [6.45, 7) is 1.41. The molecule has 0 radical (unpaired) electrons. The molecule has 1 aromatic rings. The van der Waals surface area contributed by atoms with Gasteiger partial charge in [0.2, 0.25) is 0 Å². The topological polar surface area (TPSA) is 50.8 Å². The molecule has 0 spiro atoms. The van der Waals surface area contributed by atoms with Crippen LogP contribution in [0.25, 0.3) is 0 Å². The van der Waals surface area contributed by atoms with Crippen LogP contribution in [0.1, 0.15) is 40.7 Å². The Labute approximate surface area is 124 Å². The Morgan fingerprint density at radius 3 is 3.05 bits per heavy atom. The molecular weight excluding hydrogens is 268 g/mol. The van der Waals surface area contributed by atoms with Crippen molar-refractivity contribution in [1.82, 2.24) is 5.43 Å². The minimum Gasteiger partial charge on any atom is -0.465 e. The van der Waals surface area contributed by atoms with Crippen LogP contribution in [0.3, 0.4) is 0 Å². The van der Waals surface area contributed by atoms with Gasteiger partial charge in [-0.25, -0.2) is 10.2 Å². The van der Waals surface area contributed by atoms with Crippen molar-refractivity contribution in [2.24, 2.45) is 0 Å². The van der Waals surface area contributed by atoms with E-state index in [2.05, 4.69) is 11.3 Å². The van der Waals surface area contributed by atoms with Gasteiger partial charge in [-0.3, -0.25) is 5.01 Å². The first-order valence-corrected chi connectivity index (χ1v) is 7.11. The molecule has 1 atom stereocenters. The molecule has 1 N–H and O–H groups in total. The Bertz CT molecular complexity index is 600. The van der Waals surface area contributed by atoms with Crippen LogP contribution in [0.5, 0.6) is 0 Å². The van der Waals surface area contributed by atoms with Crippen molar-refractivity contribution >= 4 is 11.7 Å². The molecular formula is C16H18N2O3. The van der Waals surface area contributed by atoms with Crippen LogP contribution in [0.15, 0.2) is 12.1 Å². The highest BCUT2D eigenvalue weighted by Gasteiger charge is 2.30. The number of esters is 1. The second kappa shape index (κ2) is 5.76. The van der Waals surface area contributed by atoms with E-state index in [1.807, 2.05) is 11.1 Å². The zero-order valence-electron chi connectivity index (χ0n) is 12.0. The van der Waals surface area contributed by atoms with Gasteiger partial charge >= 0.3 is 5.97 Å². The molecule has 1 saturated heterocycles. The van der Waals surface area contributed by atoms with Crippen LogP contribution in [-0.2, 0) is 16.0 Å². The average molecular weight is 286 g/mol. The second-order valence-electron chi connectivity index (χ2n) is 5.18. The molecule has 0 aliphatic carbocycles. The lowest BCUT2D eigenvalue weighted by Crippen LogP contribution is -2.44. The molecule has 110 valence electrons. The number of nitrogens with one attached hydrogen (secondary N) is 1. The van der Waals surface area contributed by atoms with Gasteiger partial charge in [0.15, 0.2) is 0 Å². The maximum Gasteiger partial charge on any atom is 0.337 e. The normalized spacial score (nSPS) is 20.8. The van der Waals surface area contributed by atoms with Crippen molar-refractivity contribution in [3.8, 4) is 12.3 Å². The molecule has 21 heavy (non-hydrogen) atoms. The third-order valence-electron chi connectivity index (χ3n) is 3.93. The summed E-state index contributed by atoms with van der Waals surface area (Å²) in [6, 6.07) is 3.53. The predicted octanol–water partition coefficient (Wildman–Crippen LogP) is 1.81. The lowest BCUT2D eigenvalue weighted by Gasteiger charge is -2.32. The number of methoxy groups -OCH3 is 1. The molecule has 1 fully saturated rings. The number of benzene rings is 1. The molecule has 0 amide bonds. The van der Waals surface area contributed by atoms with E-state index in [4.69, 9.17) is 15.9 Å². The summed E-state index contributed by atoms with van der Waals surface area (Å²) < 4.78 is 10.6. The lowest BCUT2D eigenvalue weighted by atomic mass is 10.0. The highest BCUT2D eigenvalue weighted by molar-refractivity contribution is 5.92.